The molecule has 0 aliphatic carbocycles. The molecule has 1 heteroatoms. The van der Waals surface area contributed by atoms with E-state index in [2.05, 4.69) is 76.2 Å². The van der Waals surface area contributed by atoms with Crippen molar-refractivity contribution in [2.45, 2.75) is 58.5 Å². The van der Waals surface area contributed by atoms with Gasteiger partial charge >= 0.3 is 0 Å². The topological polar surface area (TPSA) is 9.23 Å². The second kappa shape index (κ2) is 7.79. The molecular formula is C22H30O. The van der Waals surface area contributed by atoms with Gasteiger partial charge in [0, 0.05) is 7.11 Å². The Hall–Kier alpha value is -1.60. The molecule has 2 aromatic carbocycles. The molecule has 0 fully saturated rings. The average Bonchev–Trinajstić information content (AvgIpc) is 2.54. The molecule has 0 aliphatic heterocycles. The van der Waals surface area contributed by atoms with E-state index in [0.29, 0.717) is 12.5 Å². The number of rotatable bonds is 7. The van der Waals surface area contributed by atoms with Crippen LogP contribution in [-0.2, 0) is 16.8 Å². The third-order valence-electron chi connectivity index (χ3n) is 4.94. The largest absolute Gasteiger partial charge is 0.380 e. The zero-order chi connectivity index (χ0) is 16.9. The predicted molar refractivity (Wildman–Crippen MR) is 99.0 cm³/mol. The highest BCUT2D eigenvalue weighted by Crippen LogP contribution is 2.34. The zero-order valence-electron chi connectivity index (χ0n) is 15.2. The molecule has 124 valence electrons. The summed E-state index contributed by atoms with van der Waals surface area (Å²) < 4.78 is 5.18. The maximum atomic E-state index is 5.18. The fourth-order valence-electron chi connectivity index (χ4n) is 3.32. The molecule has 0 radical (unpaired) electrons. The quantitative estimate of drug-likeness (QED) is 0.609. The van der Waals surface area contributed by atoms with Gasteiger partial charge in [0.05, 0.1) is 6.61 Å². The van der Waals surface area contributed by atoms with Crippen LogP contribution in [0.2, 0.25) is 0 Å². The van der Waals surface area contributed by atoms with Crippen LogP contribution >= 0.6 is 0 Å². The Balaban J connectivity index is 2.00. The summed E-state index contributed by atoms with van der Waals surface area (Å²) in [5.74, 6) is 0.579. The molecule has 0 spiro atoms. The molecule has 1 nitrogen and oxygen atoms in total. The minimum Gasteiger partial charge on any atom is -0.380 e. The fraction of sp³-hybridized carbons (Fsp3) is 0.455. The van der Waals surface area contributed by atoms with Crippen molar-refractivity contribution in [2.75, 3.05) is 7.11 Å². The molecule has 0 amide bonds. The van der Waals surface area contributed by atoms with Crippen LogP contribution in [0.25, 0.3) is 0 Å². The van der Waals surface area contributed by atoms with E-state index in [0.717, 1.165) is 0 Å². The Bertz CT molecular complexity index is 610. The molecule has 1 unspecified atom stereocenters. The van der Waals surface area contributed by atoms with Gasteiger partial charge in [-0.05, 0) is 53.4 Å². The van der Waals surface area contributed by atoms with Crippen molar-refractivity contribution in [3.63, 3.8) is 0 Å². The molecule has 2 aromatic rings. The monoisotopic (exact) mass is 310 g/mol. The summed E-state index contributed by atoms with van der Waals surface area (Å²) in [5, 5.41) is 0. The first kappa shape index (κ1) is 17.7. The number of methoxy groups -OCH3 is 1. The number of hydrogen-bond donors (Lipinski definition) is 0. The molecule has 0 saturated heterocycles. The summed E-state index contributed by atoms with van der Waals surface area (Å²) in [6, 6.07) is 17.6. The lowest BCUT2D eigenvalue weighted by Gasteiger charge is -2.28. The van der Waals surface area contributed by atoms with Crippen molar-refractivity contribution < 1.29 is 4.74 Å². The smallest absolute Gasteiger partial charge is 0.0713 e. The zero-order valence-corrected chi connectivity index (χ0v) is 15.2. The Morgan fingerprint density at radius 1 is 1.00 bits per heavy atom. The van der Waals surface area contributed by atoms with Crippen LogP contribution in [0, 0.1) is 6.92 Å². The van der Waals surface area contributed by atoms with Crippen LogP contribution < -0.4 is 0 Å². The highest BCUT2D eigenvalue weighted by molar-refractivity contribution is 5.32. The van der Waals surface area contributed by atoms with Crippen molar-refractivity contribution in [1.82, 2.24) is 0 Å². The van der Waals surface area contributed by atoms with Crippen molar-refractivity contribution >= 4 is 0 Å². The maximum Gasteiger partial charge on any atom is 0.0713 e. The minimum atomic E-state index is 0.218. The van der Waals surface area contributed by atoms with Gasteiger partial charge < -0.3 is 4.74 Å². The van der Waals surface area contributed by atoms with E-state index in [1.54, 1.807) is 7.11 Å². The van der Waals surface area contributed by atoms with Gasteiger partial charge in [-0.2, -0.15) is 0 Å². The van der Waals surface area contributed by atoms with Gasteiger partial charge in [0.2, 0.25) is 0 Å². The first-order chi connectivity index (χ1) is 10.9. The second-order valence-electron chi connectivity index (χ2n) is 7.31. The Kier molecular flexibility index (Phi) is 6.01. The fourth-order valence-corrected chi connectivity index (χ4v) is 3.32. The van der Waals surface area contributed by atoms with Crippen LogP contribution in [0.4, 0.5) is 0 Å². The maximum absolute atomic E-state index is 5.18. The van der Waals surface area contributed by atoms with Crippen LogP contribution in [0.3, 0.4) is 0 Å². The molecule has 23 heavy (non-hydrogen) atoms. The third-order valence-corrected chi connectivity index (χ3v) is 4.94. The van der Waals surface area contributed by atoms with E-state index in [9.17, 15) is 0 Å². The molecule has 0 heterocycles. The summed E-state index contributed by atoms with van der Waals surface area (Å²) >= 11 is 0. The second-order valence-corrected chi connectivity index (χ2v) is 7.31. The van der Waals surface area contributed by atoms with Crippen molar-refractivity contribution in [3.05, 3.63) is 70.8 Å². The standard InChI is InChI=1S/C22H30O/c1-17(20-12-10-19(11-13-20)16-23-5)14-15-22(3,4)21-9-7-6-8-18(21)2/h6-13,17H,14-16H2,1-5H3. The van der Waals surface area contributed by atoms with E-state index in [-0.39, 0.29) is 5.41 Å². The van der Waals surface area contributed by atoms with Crippen LogP contribution in [0.5, 0.6) is 0 Å². The highest BCUT2D eigenvalue weighted by atomic mass is 16.5. The van der Waals surface area contributed by atoms with Gasteiger partial charge in [-0.15, -0.1) is 0 Å². The number of benzene rings is 2. The van der Waals surface area contributed by atoms with Crippen molar-refractivity contribution in [3.8, 4) is 0 Å². The van der Waals surface area contributed by atoms with Crippen LogP contribution in [0.15, 0.2) is 48.5 Å². The molecule has 2 rings (SSSR count). The summed E-state index contributed by atoms with van der Waals surface area (Å²) in [4.78, 5) is 0. The highest BCUT2D eigenvalue weighted by Gasteiger charge is 2.23. The van der Waals surface area contributed by atoms with E-state index in [4.69, 9.17) is 4.74 Å². The summed E-state index contributed by atoms with van der Waals surface area (Å²) in [6.45, 7) is 9.97. The van der Waals surface area contributed by atoms with Gasteiger partial charge in [-0.1, -0.05) is 69.3 Å². The lowest BCUT2D eigenvalue weighted by atomic mass is 9.76. The Labute approximate surface area is 141 Å². The average molecular weight is 310 g/mol. The Morgan fingerprint density at radius 2 is 1.65 bits per heavy atom. The van der Waals surface area contributed by atoms with Gasteiger partial charge in [-0.3, -0.25) is 0 Å². The summed E-state index contributed by atoms with van der Waals surface area (Å²) in [6.07, 6.45) is 2.39. The molecule has 0 N–H and O–H groups in total. The molecule has 0 aromatic heterocycles. The normalized spacial score (nSPS) is 13.1. The van der Waals surface area contributed by atoms with Gasteiger partial charge in [0.25, 0.3) is 0 Å². The molecule has 0 bridgehead atoms. The van der Waals surface area contributed by atoms with E-state index in [1.165, 1.54) is 35.1 Å². The molecule has 1 atom stereocenters. The summed E-state index contributed by atoms with van der Waals surface area (Å²) in [5.41, 5.74) is 5.75. The first-order valence-corrected chi connectivity index (χ1v) is 8.58. The number of ether oxygens (including phenoxy) is 1. The number of hydrogen-bond acceptors (Lipinski definition) is 1. The van der Waals surface area contributed by atoms with E-state index < -0.39 is 0 Å². The number of aryl methyl sites for hydroxylation is 1. The van der Waals surface area contributed by atoms with Gasteiger partial charge in [0.15, 0.2) is 0 Å². The first-order valence-electron chi connectivity index (χ1n) is 8.58. The minimum absolute atomic E-state index is 0.218. The van der Waals surface area contributed by atoms with E-state index in [1.807, 2.05) is 0 Å². The van der Waals surface area contributed by atoms with Crippen LogP contribution in [0.1, 0.15) is 61.8 Å². The SMILES string of the molecule is COCc1ccc(C(C)CCC(C)(C)c2ccccc2C)cc1. The van der Waals surface area contributed by atoms with Gasteiger partial charge in [0.1, 0.15) is 0 Å². The molecule has 0 saturated carbocycles. The molecule has 0 aliphatic rings. The van der Waals surface area contributed by atoms with Crippen molar-refractivity contribution in [1.29, 1.82) is 0 Å². The Morgan fingerprint density at radius 3 is 2.26 bits per heavy atom. The summed E-state index contributed by atoms with van der Waals surface area (Å²) in [7, 11) is 1.74. The van der Waals surface area contributed by atoms with Crippen molar-refractivity contribution in [2.24, 2.45) is 0 Å². The predicted octanol–water partition coefficient (Wildman–Crippen LogP) is 6.00. The van der Waals surface area contributed by atoms with Crippen LogP contribution in [-0.4, -0.2) is 7.11 Å². The lowest BCUT2D eigenvalue weighted by molar-refractivity contribution is 0.185. The third kappa shape index (κ3) is 4.68. The molecular weight excluding hydrogens is 280 g/mol. The van der Waals surface area contributed by atoms with Gasteiger partial charge in [-0.25, -0.2) is 0 Å². The van der Waals surface area contributed by atoms with E-state index >= 15 is 0 Å². The lowest BCUT2D eigenvalue weighted by Crippen LogP contribution is -2.19.